The smallest absolute Gasteiger partial charge is 0.362 e. The number of carbonyl (C=O) groups is 1. The summed E-state index contributed by atoms with van der Waals surface area (Å²) in [6.45, 7) is 2.80. The number of amides is 1. The van der Waals surface area contributed by atoms with Gasteiger partial charge in [-0.25, -0.2) is 0 Å². The summed E-state index contributed by atoms with van der Waals surface area (Å²) in [6.07, 6.45) is -5.86. The average Bonchev–Trinajstić information content (AvgIpc) is 2.76. The molecule has 0 saturated heterocycles. The molecule has 6 nitrogen and oxygen atoms in total. The van der Waals surface area contributed by atoms with Crippen molar-refractivity contribution in [1.82, 2.24) is 14.8 Å². The minimum absolute atomic E-state index is 0.0156. The number of alkyl halides is 3. The molecule has 1 aromatic heterocycles. The van der Waals surface area contributed by atoms with Crippen molar-refractivity contribution in [3.8, 4) is 0 Å². The number of hydrogen-bond acceptors (Lipinski definition) is 4. The summed E-state index contributed by atoms with van der Waals surface area (Å²) >= 11 is 5.89. The molecule has 1 atom stereocenters. The number of aliphatic hydroxyl groups is 1. The average molecular weight is 325 g/mol. The molecule has 10 heteroatoms. The first kappa shape index (κ1) is 15.8. The van der Waals surface area contributed by atoms with Crippen molar-refractivity contribution in [3.63, 3.8) is 0 Å². The molecule has 0 aliphatic carbocycles. The third kappa shape index (κ3) is 2.30. The Labute approximate surface area is 122 Å². The van der Waals surface area contributed by atoms with Gasteiger partial charge < -0.3 is 5.11 Å². The zero-order valence-electron chi connectivity index (χ0n) is 11.4. The van der Waals surface area contributed by atoms with E-state index < -0.39 is 24.2 Å². The van der Waals surface area contributed by atoms with E-state index >= 15 is 0 Å². The number of carbonyl (C=O) groups excluding carboxylic acids is 1. The highest BCUT2D eigenvalue weighted by atomic mass is 35.5. The molecule has 0 radical (unpaired) electrons. The summed E-state index contributed by atoms with van der Waals surface area (Å²) in [4.78, 5) is 12.3. The number of rotatable bonds is 1. The summed E-state index contributed by atoms with van der Waals surface area (Å²) in [6, 6.07) is 0. The fourth-order valence-corrected chi connectivity index (χ4v) is 2.36. The Morgan fingerprint density at radius 3 is 2.43 bits per heavy atom. The highest BCUT2D eigenvalue weighted by molar-refractivity contribution is 6.34. The zero-order valence-corrected chi connectivity index (χ0v) is 12.1. The largest absolute Gasteiger partial charge is 0.438 e. The van der Waals surface area contributed by atoms with Crippen LogP contribution in [-0.4, -0.2) is 43.4 Å². The van der Waals surface area contributed by atoms with Gasteiger partial charge >= 0.3 is 6.18 Å². The molecule has 0 fully saturated rings. The van der Waals surface area contributed by atoms with Crippen LogP contribution in [-0.2, 0) is 7.05 Å². The van der Waals surface area contributed by atoms with Crippen molar-refractivity contribution in [2.24, 2.45) is 12.1 Å². The molecule has 1 aromatic rings. The van der Waals surface area contributed by atoms with E-state index in [0.29, 0.717) is 0 Å². The van der Waals surface area contributed by atoms with Gasteiger partial charge in [0.2, 0.25) is 0 Å². The molecule has 0 saturated carbocycles. The second kappa shape index (κ2) is 4.70. The Morgan fingerprint density at radius 2 is 2.00 bits per heavy atom. The van der Waals surface area contributed by atoms with Gasteiger partial charge in [-0.2, -0.15) is 28.4 Å². The molecule has 1 aliphatic heterocycles. The predicted octanol–water partition coefficient (Wildman–Crippen LogP) is 1.85. The Morgan fingerprint density at radius 1 is 1.43 bits per heavy atom. The number of halogens is 4. The van der Waals surface area contributed by atoms with Gasteiger partial charge in [-0.1, -0.05) is 11.6 Å². The van der Waals surface area contributed by atoms with Crippen molar-refractivity contribution in [2.45, 2.75) is 32.2 Å². The van der Waals surface area contributed by atoms with E-state index in [1.165, 1.54) is 20.9 Å². The van der Waals surface area contributed by atoms with Gasteiger partial charge in [-0.3, -0.25) is 9.48 Å². The fourth-order valence-electron chi connectivity index (χ4n) is 2.12. The Bertz CT molecular complexity index is 640. The molecule has 0 bridgehead atoms. The molecular formula is C11H12ClF3N4O2. The number of hydrogen-bond donors (Lipinski definition) is 1. The van der Waals surface area contributed by atoms with E-state index in [2.05, 4.69) is 10.2 Å². The maximum atomic E-state index is 13.1. The summed E-state index contributed by atoms with van der Waals surface area (Å²) in [5, 5.41) is 17.2. The maximum absolute atomic E-state index is 13.1. The van der Waals surface area contributed by atoms with Crippen LogP contribution in [0, 0.1) is 6.92 Å². The van der Waals surface area contributed by atoms with Crippen LogP contribution >= 0.6 is 11.6 Å². The van der Waals surface area contributed by atoms with Crippen LogP contribution in [0.3, 0.4) is 0 Å². The standard InChI is InChI=1S/C11H12ClF3N4O2/c1-5-4-10(21,11(13,14)15)19(16-5)9(20)8-7(12)6(2)17-18(8)3/h21H,4H2,1-3H3/t10-/m1/s1. The third-order valence-electron chi connectivity index (χ3n) is 3.12. The van der Waals surface area contributed by atoms with Crippen molar-refractivity contribution in [2.75, 3.05) is 0 Å². The van der Waals surface area contributed by atoms with Crippen LogP contribution in [0.4, 0.5) is 13.2 Å². The van der Waals surface area contributed by atoms with Gasteiger partial charge in [-0.05, 0) is 13.8 Å². The van der Waals surface area contributed by atoms with Gasteiger partial charge in [0.1, 0.15) is 5.69 Å². The lowest BCUT2D eigenvalue weighted by Crippen LogP contribution is -2.56. The van der Waals surface area contributed by atoms with E-state index in [9.17, 15) is 23.1 Å². The van der Waals surface area contributed by atoms with Gasteiger partial charge in [0.15, 0.2) is 0 Å². The molecule has 21 heavy (non-hydrogen) atoms. The molecule has 1 amide bonds. The molecule has 0 aromatic carbocycles. The second-order valence-corrected chi connectivity index (χ2v) is 5.19. The second-order valence-electron chi connectivity index (χ2n) is 4.81. The number of aryl methyl sites for hydroxylation is 2. The van der Waals surface area contributed by atoms with Crippen molar-refractivity contribution < 1.29 is 23.1 Å². The molecule has 0 unspecified atom stereocenters. The van der Waals surface area contributed by atoms with Crippen LogP contribution in [0.5, 0.6) is 0 Å². The highest BCUT2D eigenvalue weighted by Gasteiger charge is 2.63. The van der Waals surface area contributed by atoms with Crippen LogP contribution in [0.25, 0.3) is 0 Å². The molecule has 2 heterocycles. The minimum atomic E-state index is -5.05. The van der Waals surface area contributed by atoms with E-state index in [-0.39, 0.29) is 27.1 Å². The van der Waals surface area contributed by atoms with Crippen LogP contribution in [0.1, 0.15) is 29.5 Å². The normalized spacial score (nSPS) is 22.7. The number of hydrazone groups is 1. The Kier molecular flexibility index (Phi) is 3.53. The summed E-state index contributed by atoms with van der Waals surface area (Å²) in [5.41, 5.74) is -3.37. The van der Waals surface area contributed by atoms with E-state index in [4.69, 9.17) is 11.6 Å². The number of aromatic nitrogens is 2. The lowest BCUT2D eigenvalue weighted by molar-refractivity contribution is -0.297. The first-order valence-electron chi connectivity index (χ1n) is 5.86. The first-order chi connectivity index (χ1) is 9.49. The van der Waals surface area contributed by atoms with E-state index in [0.717, 1.165) is 4.68 Å². The molecule has 2 rings (SSSR count). The molecule has 116 valence electrons. The van der Waals surface area contributed by atoms with Crippen LogP contribution < -0.4 is 0 Å². The Balaban J connectivity index is 2.51. The predicted molar refractivity (Wildman–Crippen MR) is 67.9 cm³/mol. The lowest BCUT2D eigenvalue weighted by atomic mass is 10.1. The topological polar surface area (TPSA) is 70.7 Å². The van der Waals surface area contributed by atoms with Crippen molar-refractivity contribution in [3.05, 3.63) is 16.4 Å². The molecule has 1 aliphatic rings. The minimum Gasteiger partial charge on any atom is -0.362 e. The van der Waals surface area contributed by atoms with Gasteiger partial charge in [-0.15, -0.1) is 0 Å². The summed E-state index contributed by atoms with van der Waals surface area (Å²) in [5.74, 6) is -1.17. The Hall–Kier alpha value is -1.61. The third-order valence-corrected chi connectivity index (χ3v) is 3.57. The van der Waals surface area contributed by atoms with E-state index in [1.54, 1.807) is 0 Å². The number of nitrogens with zero attached hydrogens (tertiary/aromatic N) is 4. The van der Waals surface area contributed by atoms with Gasteiger partial charge in [0.25, 0.3) is 11.6 Å². The highest BCUT2D eigenvalue weighted by Crippen LogP contribution is 2.41. The first-order valence-corrected chi connectivity index (χ1v) is 6.23. The fraction of sp³-hybridized carbons (Fsp3) is 0.545. The SMILES string of the molecule is CC1=NN(C(=O)c2c(Cl)c(C)nn2C)[C@](O)(C(F)(F)F)C1. The molecule has 0 spiro atoms. The van der Waals surface area contributed by atoms with Crippen LogP contribution in [0.15, 0.2) is 5.10 Å². The zero-order chi connectivity index (χ0) is 16.2. The maximum Gasteiger partial charge on any atom is 0.438 e. The van der Waals surface area contributed by atoms with Gasteiger partial charge in [0.05, 0.1) is 10.7 Å². The quantitative estimate of drug-likeness (QED) is 0.857. The van der Waals surface area contributed by atoms with Gasteiger partial charge in [0, 0.05) is 19.2 Å². The van der Waals surface area contributed by atoms with E-state index in [1.807, 2.05) is 0 Å². The van der Waals surface area contributed by atoms with Crippen molar-refractivity contribution in [1.29, 1.82) is 0 Å². The monoisotopic (exact) mass is 324 g/mol. The van der Waals surface area contributed by atoms with Crippen molar-refractivity contribution >= 4 is 23.2 Å². The lowest BCUT2D eigenvalue weighted by Gasteiger charge is -2.32. The molecule has 1 N–H and O–H groups in total. The summed E-state index contributed by atoms with van der Waals surface area (Å²) < 4.78 is 40.3. The molecular weight excluding hydrogens is 313 g/mol. The van der Waals surface area contributed by atoms with Crippen LogP contribution in [0.2, 0.25) is 5.02 Å². The summed E-state index contributed by atoms with van der Waals surface area (Å²) in [7, 11) is 1.37.